The van der Waals surface area contributed by atoms with Crippen molar-refractivity contribution in [1.29, 1.82) is 0 Å². The summed E-state index contributed by atoms with van der Waals surface area (Å²) in [6, 6.07) is 0. The van der Waals surface area contributed by atoms with E-state index in [1.807, 2.05) is 0 Å². The van der Waals surface area contributed by atoms with Crippen LogP contribution in [0.4, 0.5) is 0 Å². The molecular formula is C4H13LiMgNNaO15Si4-2. The first-order valence-electron chi connectivity index (χ1n) is 5.56. The van der Waals surface area contributed by atoms with E-state index in [2.05, 4.69) is 24.7 Å². The Hall–Kier alpha value is 2.59. The van der Waals surface area contributed by atoms with Gasteiger partial charge in [-0.1, -0.05) is 0 Å². The molecule has 0 aromatic heterocycles. The van der Waals surface area contributed by atoms with Crippen molar-refractivity contribution < 1.29 is 119 Å². The number of hydrogen-bond donors (Lipinski definition) is 4. The van der Waals surface area contributed by atoms with Crippen molar-refractivity contribution in [2.24, 2.45) is 5.73 Å². The molecule has 0 aromatic carbocycles. The molecule has 6 fully saturated rings. The molecule has 6 heterocycles. The molecule has 0 aromatic rings. The molecule has 0 spiro atoms. The van der Waals surface area contributed by atoms with Gasteiger partial charge in [0, 0.05) is 0 Å². The predicted octanol–water partition coefficient (Wildman–Crippen LogP) is -15.8. The van der Waals surface area contributed by atoms with Crippen molar-refractivity contribution >= 4 is 59.2 Å². The predicted molar refractivity (Wildman–Crippen MR) is 67.3 cm³/mol. The molecule has 4 bridgehead atoms. The zero-order chi connectivity index (χ0) is 16.9. The molecule has 0 aliphatic carbocycles. The van der Waals surface area contributed by atoms with Gasteiger partial charge in [0.15, 0.2) is 0 Å². The molecule has 0 atom stereocenters. The Kier molecular flexibility index (Phi) is 17.2. The third-order valence-electron chi connectivity index (χ3n) is 2.44. The molecule has 6 saturated heterocycles. The minimum absolute atomic E-state index is 0. The van der Waals surface area contributed by atoms with E-state index in [1.54, 1.807) is 0 Å². The van der Waals surface area contributed by atoms with Crippen LogP contribution in [-0.2, 0) is 24.7 Å². The summed E-state index contributed by atoms with van der Waals surface area (Å²) in [5, 5.41) is 25.0. The first-order chi connectivity index (χ1) is 9.92. The SMILES string of the molecule is NC(CO)(CO)CO.[Li+].[Mg+2].[Na+].[O-][Si]12O[Si]([O-])(O1)O[Si]1([O-])O[Si]([O-])(O1)O2.[OH-].[OH-]. The molecule has 6 aliphatic heterocycles. The summed E-state index contributed by atoms with van der Waals surface area (Å²) in [6.45, 7) is -1.21. The van der Waals surface area contributed by atoms with Gasteiger partial charge in [-0.3, -0.25) is 0 Å². The van der Waals surface area contributed by atoms with Crippen LogP contribution < -0.4 is 73.3 Å². The number of aliphatic hydroxyl groups excluding tert-OH is 3. The minimum atomic E-state index is -4.48. The number of nitrogens with two attached hydrogens (primary N) is 1. The van der Waals surface area contributed by atoms with Crippen LogP contribution in [0.15, 0.2) is 0 Å². The first kappa shape index (κ1) is 36.9. The molecular weight excluding hydrogens is 469 g/mol. The van der Waals surface area contributed by atoms with Crippen LogP contribution in [0, 0.1) is 0 Å². The second-order valence-corrected chi connectivity index (χ2v) is 13.3. The molecule has 0 radical (unpaired) electrons. The van der Waals surface area contributed by atoms with Gasteiger partial charge in [0.25, 0.3) is 0 Å². The van der Waals surface area contributed by atoms with Gasteiger partial charge in [-0.05, 0) is 0 Å². The third kappa shape index (κ3) is 8.93. The van der Waals surface area contributed by atoms with Crippen molar-refractivity contribution in [3.63, 3.8) is 0 Å². The maximum absolute atomic E-state index is 11.1. The fraction of sp³-hybridized carbons (Fsp3) is 1.00. The van der Waals surface area contributed by atoms with Crippen molar-refractivity contribution in [3.05, 3.63) is 0 Å². The monoisotopic (exact) mass is 481 g/mol. The smallest absolute Gasteiger partial charge is 0.870 e. The van der Waals surface area contributed by atoms with Gasteiger partial charge < -0.3 is 75.9 Å². The molecule has 0 unspecified atom stereocenters. The van der Waals surface area contributed by atoms with Gasteiger partial charge in [-0.25, -0.2) is 0 Å². The number of hydrogen-bond acceptors (Lipinski definition) is 16. The zero-order valence-electron chi connectivity index (χ0n) is 14.2. The van der Waals surface area contributed by atoms with Crippen LogP contribution in [0.5, 0.6) is 0 Å². The van der Waals surface area contributed by atoms with Gasteiger partial charge in [0.05, 0.1) is 25.4 Å². The quantitative estimate of drug-likeness (QED) is 0.272. The third-order valence-corrected chi connectivity index (χ3v) is 14.4. The molecule has 6 rings (SSSR count). The standard InChI is InChI=1S/C4H11NO3.Li.Mg.Na.O10Si4.2H2O/c5-4(1-6,2-7)3-8;;;;1-11-5-12(2,6-11)10-14(4)7-13(3,8-14)9-11;;/h6-8H,1-3,5H2;;;;;2*1H2/q;+1;+2;+1;-4;;/p-2. The maximum Gasteiger partial charge on any atom is 2.00 e. The fourth-order valence-corrected chi connectivity index (χ4v) is 13.1. The van der Waals surface area contributed by atoms with Gasteiger partial charge in [-0.15, -0.1) is 0 Å². The Balaban J connectivity index is -0.000000184. The normalized spacial score (nSPS) is 37.8. The average Bonchev–Trinajstić information content (AvgIpc) is 2.32. The molecule has 0 amide bonds. The van der Waals surface area contributed by atoms with Crippen LogP contribution in [0.3, 0.4) is 0 Å². The Bertz CT molecular complexity index is 378. The van der Waals surface area contributed by atoms with E-state index in [0.29, 0.717) is 0 Å². The minimum Gasteiger partial charge on any atom is -0.870 e. The van der Waals surface area contributed by atoms with Gasteiger partial charge in [-0.2, -0.15) is 0 Å². The van der Waals surface area contributed by atoms with E-state index in [1.165, 1.54) is 0 Å². The topological polar surface area (TPSA) is 294 Å². The first-order valence-corrected chi connectivity index (χ1v) is 12.1. The molecule has 6 aliphatic rings. The maximum atomic E-state index is 11.1. The summed E-state index contributed by atoms with van der Waals surface area (Å²) < 4.78 is 25.2. The van der Waals surface area contributed by atoms with E-state index in [4.69, 9.17) is 21.1 Å². The van der Waals surface area contributed by atoms with Crippen molar-refractivity contribution in [3.8, 4) is 0 Å². The summed E-state index contributed by atoms with van der Waals surface area (Å²) in [4.78, 5) is 44.5. The molecule has 23 heteroatoms. The molecule has 0 saturated carbocycles. The number of rotatable bonds is 3. The average molecular weight is 482 g/mol. The Morgan fingerprint density at radius 2 is 0.815 bits per heavy atom. The van der Waals surface area contributed by atoms with Crippen LogP contribution >= 0.6 is 0 Å². The summed E-state index contributed by atoms with van der Waals surface area (Å²) in [5.41, 5.74) is 3.94. The van der Waals surface area contributed by atoms with Crippen molar-refractivity contribution in [2.75, 3.05) is 19.8 Å². The molecule has 16 nitrogen and oxygen atoms in total. The summed E-state index contributed by atoms with van der Waals surface area (Å²) >= 11 is 0. The second kappa shape index (κ2) is 12.6. The molecule has 27 heavy (non-hydrogen) atoms. The summed E-state index contributed by atoms with van der Waals surface area (Å²) in [6.07, 6.45) is 0. The Labute approximate surface area is 207 Å². The van der Waals surface area contributed by atoms with Crippen LogP contribution in [0.1, 0.15) is 0 Å². The molecule has 146 valence electrons. The van der Waals surface area contributed by atoms with Crippen molar-refractivity contribution in [2.45, 2.75) is 5.54 Å². The van der Waals surface area contributed by atoms with E-state index in [9.17, 15) is 19.2 Å². The van der Waals surface area contributed by atoms with Gasteiger partial charge >= 0.3 is 108 Å². The fourth-order valence-electron chi connectivity index (χ4n) is 1.25. The van der Waals surface area contributed by atoms with E-state index in [0.717, 1.165) is 0 Å². The summed E-state index contributed by atoms with van der Waals surface area (Å²) in [7, 11) is -17.9. The van der Waals surface area contributed by atoms with Crippen LogP contribution in [-0.4, -0.2) is 111 Å². The van der Waals surface area contributed by atoms with E-state index in [-0.39, 0.29) is 82.4 Å². The number of aliphatic hydroxyl groups is 3. The summed E-state index contributed by atoms with van der Waals surface area (Å²) in [5.74, 6) is 0. The Morgan fingerprint density at radius 1 is 0.667 bits per heavy atom. The van der Waals surface area contributed by atoms with Crippen LogP contribution in [0.25, 0.3) is 0 Å². The van der Waals surface area contributed by atoms with Crippen LogP contribution in [0.2, 0.25) is 0 Å². The molecule has 7 N–H and O–H groups in total. The van der Waals surface area contributed by atoms with Gasteiger partial charge in [0.2, 0.25) is 0 Å². The van der Waals surface area contributed by atoms with E-state index >= 15 is 0 Å². The van der Waals surface area contributed by atoms with Gasteiger partial charge in [0.1, 0.15) is 0 Å². The Morgan fingerprint density at radius 3 is 0.889 bits per heavy atom. The second-order valence-electron chi connectivity index (χ2n) is 4.45. The van der Waals surface area contributed by atoms with Crippen molar-refractivity contribution in [1.82, 2.24) is 0 Å². The zero-order valence-corrected chi connectivity index (χ0v) is 21.6. The van der Waals surface area contributed by atoms with E-state index < -0.39 is 61.6 Å². The largest absolute Gasteiger partial charge is 2.00 e.